The predicted octanol–water partition coefficient (Wildman–Crippen LogP) is 2.84. The van der Waals surface area contributed by atoms with Gasteiger partial charge < -0.3 is 5.32 Å². The quantitative estimate of drug-likeness (QED) is 0.688. The highest BCUT2D eigenvalue weighted by Gasteiger charge is 2.13. The molecule has 0 aliphatic heterocycles. The van der Waals surface area contributed by atoms with E-state index >= 15 is 0 Å². The molecule has 1 heterocycles. The van der Waals surface area contributed by atoms with Crippen LogP contribution in [0.25, 0.3) is 0 Å². The number of benzene rings is 1. The molecule has 0 radical (unpaired) electrons. The summed E-state index contributed by atoms with van der Waals surface area (Å²) in [6, 6.07) is 2.72. The molecule has 1 aromatic heterocycles. The molecule has 0 fully saturated rings. The number of anilines is 1. The van der Waals surface area contributed by atoms with Gasteiger partial charge in [-0.1, -0.05) is 6.07 Å². The Morgan fingerprint density at radius 2 is 1.95 bits per heavy atom. The summed E-state index contributed by atoms with van der Waals surface area (Å²) in [5.41, 5.74) is 0.00418. The minimum absolute atomic E-state index is 0.117. The zero-order chi connectivity index (χ0) is 14.7. The average Bonchev–Trinajstić information content (AvgIpc) is 2.39. The van der Waals surface area contributed by atoms with Crippen LogP contribution in [0.2, 0.25) is 0 Å². The third-order valence-corrected chi connectivity index (χ3v) is 2.62. The smallest absolute Gasteiger partial charge is 0.305 e. The lowest BCUT2D eigenvalue weighted by molar-refractivity contribution is -0.385. The summed E-state index contributed by atoms with van der Waals surface area (Å²) >= 11 is 0. The lowest BCUT2D eigenvalue weighted by atomic mass is 10.1. The van der Waals surface area contributed by atoms with Crippen LogP contribution in [0.1, 0.15) is 18.5 Å². The van der Waals surface area contributed by atoms with E-state index in [-0.39, 0.29) is 17.2 Å². The van der Waals surface area contributed by atoms with Gasteiger partial charge in [-0.05, 0) is 13.0 Å². The fourth-order valence-corrected chi connectivity index (χ4v) is 1.61. The van der Waals surface area contributed by atoms with Crippen molar-refractivity contribution in [1.29, 1.82) is 0 Å². The van der Waals surface area contributed by atoms with Gasteiger partial charge in [-0.2, -0.15) is 0 Å². The van der Waals surface area contributed by atoms with Crippen LogP contribution in [0.15, 0.2) is 30.6 Å². The minimum atomic E-state index is -0.688. The van der Waals surface area contributed by atoms with E-state index in [1.807, 2.05) is 0 Å². The van der Waals surface area contributed by atoms with Crippen molar-refractivity contribution in [3.63, 3.8) is 0 Å². The Balaban J connectivity index is 2.14. The van der Waals surface area contributed by atoms with Gasteiger partial charge in [0.25, 0.3) is 0 Å². The summed E-state index contributed by atoms with van der Waals surface area (Å²) in [6.45, 7) is 1.64. The van der Waals surface area contributed by atoms with Gasteiger partial charge in [0.05, 0.1) is 11.0 Å². The highest BCUT2D eigenvalue weighted by Crippen LogP contribution is 2.21. The van der Waals surface area contributed by atoms with Gasteiger partial charge in [-0.3, -0.25) is 10.1 Å². The zero-order valence-corrected chi connectivity index (χ0v) is 10.4. The minimum Gasteiger partial charge on any atom is -0.348 e. The van der Waals surface area contributed by atoms with Crippen LogP contribution in [-0.2, 0) is 0 Å². The van der Waals surface area contributed by atoms with E-state index in [1.165, 1.54) is 6.07 Å². The fraction of sp³-hybridized carbons (Fsp3) is 0.167. The van der Waals surface area contributed by atoms with Crippen molar-refractivity contribution in [1.82, 2.24) is 9.97 Å². The first kappa shape index (κ1) is 13.8. The third kappa shape index (κ3) is 3.02. The van der Waals surface area contributed by atoms with Crippen molar-refractivity contribution in [2.24, 2.45) is 0 Å². The maximum atomic E-state index is 13.6. The molecular weight excluding hydrogens is 270 g/mol. The maximum absolute atomic E-state index is 13.6. The van der Waals surface area contributed by atoms with E-state index in [9.17, 15) is 18.9 Å². The summed E-state index contributed by atoms with van der Waals surface area (Å²) < 4.78 is 26.4. The Morgan fingerprint density at radius 1 is 1.30 bits per heavy atom. The van der Waals surface area contributed by atoms with Gasteiger partial charge in [0.2, 0.25) is 5.95 Å². The molecule has 0 saturated heterocycles. The number of aromatic nitrogens is 2. The molecule has 104 valence electrons. The van der Waals surface area contributed by atoms with Crippen molar-refractivity contribution >= 4 is 11.6 Å². The van der Waals surface area contributed by atoms with Crippen LogP contribution in [0, 0.1) is 21.7 Å². The Hall–Kier alpha value is -2.64. The molecule has 1 aromatic carbocycles. The maximum Gasteiger partial charge on any atom is 0.305 e. The highest BCUT2D eigenvalue weighted by molar-refractivity contribution is 5.35. The van der Waals surface area contributed by atoms with Crippen LogP contribution >= 0.6 is 0 Å². The lowest BCUT2D eigenvalue weighted by Gasteiger charge is -2.14. The lowest BCUT2D eigenvalue weighted by Crippen LogP contribution is -2.11. The molecule has 1 atom stereocenters. The topological polar surface area (TPSA) is 81.0 Å². The molecule has 20 heavy (non-hydrogen) atoms. The van der Waals surface area contributed by atoms with E-state index < -0.39 is 22.6 Å². The van der Waals surface area contributed by atoms with Crippen LogP contribution in [0.4, 0.5) is 20.4 Å². The summed E-state index contributed by atoms with van der Waals surface area (Å²) in [5, 5.41) is 13.2. The second-order valence-corrected chi connectivity index (χ2v) is 4.05. The molecule has 0 saturated carbocycles. The molecular formula is C12H10F2N4O2. The second-order valence-electron chi connectivity index (χ2n) is 4.05. The van der Waals surface area contributed by atoms with Gasteiger partial charge in [0.1, 0.15) is 24.0 Å². The van der Waals surface area contributed by atoms with Gasteiger partial charge >= 0.3 is 5.69 Å². The first-order valence-corrected chi connectivity index (χ1v) is 5.65. The number of nitrogens with zero attached hydrogens (tertiary/aromatic N) is 3. The van der Waals surface area contributed by atoms with Crippen molar-refractivity contribution in [3.05, 3.63) is 57.9 Å². The molecule has 6 nitrogen and oxygen atoms in total. The number of hydrogen-bond donors (Lipinski definition) is 1. The van der Waals surface area contributed by atoms with E-state index in [0.717, 1.165) is 24.5 Å². The molecule has 0 bridgehead atoms. The molecule has 2 rings (SSSR count). The SMILES string of the molecule is CC(Nc1ncc([N+](=O)[O-])cn1)c1ccc(F)cc1F. The average molecular weight is 280 g/mol. The highest BCUT2D eigenvalue weighted by atomic mass is 19.1. The molecule has 1 N–H and O–H groups in total. The summed E-state index contributed by atoms with van der Waals surface area (Å²) in [5.74, 6) is -1.23. The molecule has 0 spiro atoms. The van der Waals surface area contributed by atoms with E-state index in [0.29, 0.717) is 0 Å². The van der Waals surface area contributed by atoms with Crippen LogP contribution in [-0.4, -0.2) is 14.9 Å². The third-order valence-electron chi connectivity index (χ3n) is 2.62. The Kier molecular flexibility index (Phi) is 3.83. The Morgan fingerprint density at radius 3 is 2.50 bits per heavy atom. The van der Waals surface area contributed by atoms with Crippen LogP contribution < -0.4 is 5.32 Å². The van der Waals surface area contributed by atoms with Crippen molar-refractivity contribution < 1.29 is 13.7 Å². The molecule has 0 amide bonds. The number of rotatable bonds is 4. The molecule has 1 unspecified atom stereocenters. The Labute approximate surface area is 112 Å². The van der Waals surface area contributed by atoms with Crippen molar-refractivity contribution in [2.45, 2.75) is 13.0 Å². The molecule has 0 aliphatic carbocycles. The van der Waals surface area contributed by atoms with Crippen LogP contribution in [0.3, 0.4) is 0 Å². The monoisotopic (exact) mass is 280 g/mol. The first-order chi connectivity index (χ1) is 9.47. The fourth-order valence-electron chi connectivity index (χ4n) is 1.61. The zero-order valence-electron chi connectivity index (χ0n) is 10.4. The van der Waals surface area contributed by atoms with Crippen LogP contribution in [0.5, 0.6) is 0 Å². The van der Waals surface area contributed by atoms with Gasteiger partial charge in [-0.25, -0.2) is 18.7 Å². The second kappa shape index (κ2) is 5.55. The van der Waals surface area contributed by atoms with Crippen molar-refractivity contribution in [3.8, 4) is 0 Å². The largest absolute Gasteiger partial charge is 0.348 e. The first-order valence-electron chi connectivity index (χ1n) is 5.65. The van der Waals surface area contributed by atoms with Gasteiger partial charge in [0.15, 0.2) is 0 Å². The van der Waals surface area contributed by atoms with E-state index in [1.54, 1.807) is 6.92 Å². The summed E-state index contributed by atoms with van der Waals surface area (Å²) in [4.78, 5) is 17.3. The molecule has 0 aliphatic rings. The number of nitro groups is 1. The summed E-state index contributed by atoms with van der Waals surface area (Å²) in [6.07, 6.45) is 2.09. The van der Waals surface area contributed by atoms with E-state index in [4.69, 9.17) is 0 Å². The summed E-state index contributed by atoms with van der Waals surface area (Å²) in [7, 11) is 0. The predicted molar refractivity (Wildman–Crippen MR) is 67.1 cm³/mol. The van der Waals surface area contributed by atoms with E-state index in [2.05, 4.69) is 15.3 Å². The molecule has 2 aromatic rings. The number of halogens is 2. The van der Waals surface area contributed by atoms with Gasteiger partial charge in [0, 0.05) is 11.6 Å². The normalized spacial score (nSPS) is 11.9. The molecule has 8 heteroatoms. The standard InChI is InChI=1S/C12H10F2N4O2/c1-7(10-3-2-8(13)4-11(10)14)17-12-15-5-9(6-16-12)18(19)20/h2-7H,1H3,(H,15,16,17). The number of nitrogens with one attached hydrogen (secondary N) is 1. The van der Waals surface area contributed by atoms with Gasteiger partial charge in [-0.15, -0.1) is 0 Å². The van der Waals surface area contributed by atoms with Crippen molar-refractivity contribution in [2.75, 3.05) is 5.32 Å². The Bertz CT molecular complexity index is 634. The number of hydrogen-bond acceptors (Lipinski definition) is 5.